The van der Waals surface area contributed by atoms with Gasteiger partial charge in [-0.25, -0.2) is 4.79 Å². The molecule has 0 saturated carbocycles. The molecule has 0 saturated heterocycles. The summed E-state index contributed by atoms with van der Waals surface area (Å²) >= 11 is 7.61. The topological polar surface area (TPSA) is 37.3 Å². The second-order valence-corrected chi connectivity index (χ2v) is 5.46. The predicted octanol–water partition coefficient (Wildman–Crippen LogP) is 4.92. The summed E-state index contributed by atoms with van der Waals surface area (Å²) in [5, 5.41) is 13.4. The van der Waals surface area contributed by atoms with Crippen LogP contribution in [0.3, 0.4) is 0 Å². The van der Waals surface area contributed by atoms with E-state index < -0.39 is 5.97 Å². The van der Waals surface area contributed by atoms with E-state index in [0.29, 0.717) is 10.6 Å². The number of aromatic carboxylic acids is 1. The first-order valence-electron chi connectivity index (χ1n) is 5.66. The van der Waals surface area contributed by atoms with Crippen molar-refractivity contribution in [3.05, 3.63) is 58.4 Å². The van der Waals surface area contributed by atoms with Crippen molar-refractivity contribution in [1.82, 2.24) is 0 Å². The summed E-state index contributed by atoms with van der Waals surface area (Å²) in [6.45, 7) is 0. The fourth-order valence-electron chi connectivity index (χ4n) is 2.07. The molecule has 0 amide bonds. The Hall–Kier alpha value is -1.84. The van der Waals surface area contributed by atoms with Crippen LogP contribution in [0.1, 0.15) is 10.4 Å². The molecule has 1 aromatic heterocycles. The third kappa shape index (κ3) is 2.11. The van der Waals surface area contributed by atoms with Crippen LogP contribution >= 0.6 is 22.9 Å². The molecule has 3 rings (SSSR count). The molecule has 0 unspecified atom stereocenters. The van der Waals surface area contributed by atoms with Gasteiger partial charge in [0.05, 0.1) is 5.56 Å². The molecule has 3 aromatic rings. The molecule has 2 nitrogen and oxygen atoms in total. The van der Waals surface area contributed by atoms with Gasteiger partial charge in [-0.2, -0.15) is 0 Å². The van der Waals surface area contributed by atoms with Gasteiger partial charge in [-0.05, 0) is 23.1 Å². The van der Waals surface area contributed by atoms with E-state index in [9.17, 15) is 4.79 Å². The highest BCUT2D eigenvalue weighted by molar-refractivity contribution is 7.14. The molecule has 4 heteroatoms. The lowest BCUT2D eigenvalue weighted by molar-refractivity contribution is 0.0697. The highest BCUT2D eigenvalue weighted by atomic mass is 35.5. The number of hydrogen-bond donors (Lipinski definition) is 1. The summed E-state index contributed by atoms with van der Waals surface area (Å²) in [6, 6.07) is 13.3. The van der Waals surface area contributed by atoms with E-state index in [0.717, 1.165) is 21.2 Å². The van der Waals surface area contributed by atoms with Crippen LogP contribution < -0.4 is 0 Å². The van der Waals surface area contributed by atoms with Crippen molar-refractivity contribution in [2.45, 2.75) is 0 Å². The van der Waals surface area contributed by atoms with Crippen molar-refractivity contribution in [3.8, 4) is 10.4 Å². The van der Waals surface area contributed by atoms with E-state index in [1.165, 1.54) is 11.3 Å². The van der Waals surface area contributed by atoms with Crippen LogP contribution in [-0.4, -0.2) is 11.1 Å². The highest BCUT2D eigenvalue weighted by Gasteiger charge is 2.11. The van der Waals surface area contributed by atoms with Gasteiger partial charge in [0, 0.05) is 20.7 Å². The quantitative estimate of drug-likeness (QED) is 0.727. The number of carbonyl (C=O) groups is 1. The fourth-order valence-corrected chi connectivity index (χ4v) is 3.22. The molecule has 19 heavy (non-hydrogen) atoms. The molecule has 1 N–H and O–H groups in total. The zero-order chi connectivity index (χ0) is 13.4. The van der Waals surface area contributed by atoms with Gasteiger partial charge in [0.2, 0.25) is 0 Å². The SMILES string of the molecule is O=C(O)c1csc(-c2ccc(Cl)c3ccccc23)c1. The van der Waals surface area contributed by atoms with Crippen LogP contribution in [0, 0.1) is 0 Å². The normalized spacial score (nSPS) is 10.8. The smallest absolute Gasteiger partial charge is 0.336 e. The fraction of sp³-hybridized carbons (Fsp3) is 0. The molecule has 0 atom stereocenters. The highest BCUT2D eigenvalue weighted by Crippen LogP contribution is 2.36. The van der Waals surface area contributed by atoms with E-state index in [-0.39, 0.29) is 0 Å². The van der Waals surface area contributed by atoms with Crippen molar-refractivity contribution in [2.24, 2.45) is 0 Å². The average Bonchev–Trinajstić information content (AvgIpc) is 2.89. The van der Waals surface area contributed by atoms with Crippen LogP contribution in [0.4, 0.5) is 0 Å². The van der Waals surface area contributed by atoms with Gasteiger partial charge >= 0.3 is 5.97 Å². The maximum absolute atomic E-state index is 10.9. The minimum absolute atomic E-state index is 0.319. The third-order valence-electron chi connectivity index (χ3n) is 2.98. The van der Waals surface area contributed by atoms with Crippen LogP contribution in [0.15, 0.2) is 47.8 Å². The van der Waals surface area contributed by atoms with Crippen molar-refractivity contribution >= 4 is 39.7 Å². The molecule has 0 radical (unpaired) electrons. The maximum atomic E-state index is 10.9. The van der Waals surface area contributed by atoms with E-state index >= 15 is 0 Å². The van der Waals surface area contributed by atoms with Gasteiger partial charge in [0.15, 0.2) is 0 Å². The summed E-state index contributed by atoms with van der Waals surface area (Å²) in [5.41, 5.74) is 1.33. The first-order chi connectivity index (χ1) is 9.16. The van der Waals surface area contributed by atoms with Crippen molar-refractivity contribution in [3.63, 3.8) is 0 Å². The minimum atomic E-state index is -0.902. The Kier molecular flexibility index (Phi) is 3.01. The number of carboxylic acid groups (broad SMARTS) is 1. The summed E-state index contributed by atoms with van der Waals surface area (Å²) in [7, 11) is 0. The van der Waals surface area contributed by atoms with Crippen LogP contribution in [-0.2, 0) is 0 Å². The Labute approximate surface area is 118 Å². The Morgan fingerprint density at radius 3 is 2.53 bits per heavy atom. The standard InChI is InChI=1S/C15H9ClO2S/c16-13-6-5-12(10-3-1-2-4-11(10)13)14-7-9(8-19-14)15(17)18/h1-8H,(H,17,18). The van der Waals surface area contributed by atoms with Gasteiger partial charge in [-0.3, -0.25) is 0 Å². The van der Waals surface area contributed by atoms with Gasteiger partial charge in [0.1, 0.15) is 0 Å². The lowest BCUT2D eigenvalue weighted by atomic mass is 10.0. The predicted molar refractivity (Wildman–Crippen MR) is 79.2 cm³/mol. The van der Waals surface area contributed by atoms with Gasteiger partial charge in [-0.1, -0.05) is 41.9 Å². The zero-order valence-corrected chi connectivity index (χ0v) is 11.3. The molecule has 2 aromatic carbocycles. The minimum Gasteiger partial charge on any atom is -0.478 e. The Bertz CT molecular complexity index is 777. The molecule has 0 spiro atoms. The van der Waals surface area contributed by atoms with E-state index in [1.54, 1.807) is 11.4 Å². The molecule has 0 bridgehead atoms. The second kappa shape index (κ2) is 4.68. The molecular formula is C15H9ClO2S. The number of fused-ring (bicyclic) bond motifs is 1. The van der Waals surface area contributed by atoms with E-state index in [4.69, 9.17) is 16.7 Å². The molecule has 0 aliphatic heterocycles. The number of benzene rings is 2. The second-order valence-electron chi connectivity index (χ2n) is 4.15. The summed E-state index contributed by atoms with van der Waals surface area (Å²) in [5.74, 6) is -0.902. The largest absolute Gasteiger partial charge is 0.478 e. The molecule has 0 fully saturated rings. The Morgan fingerprint density at radius 2 is 1.84 bits per heavy atom. The van der Waals surface area contributed by atoms with E-state index in [1.807, 2.05) is 36.4 Å². The van der Waals surface area contributed by atoms with Crippen LogP contribution in [0.2, 0.25) is 5.02 Å². The van der Waals surface area contributed by atoms with Crippen LogP contribution in [0.25, 0.3) is 21.2 Å². The van der Waals surface area contributed by atoms with Crippen molar-refractivity contribution in [2.75, 3.05) is 0 Å². The molecule has 94 valence electrons. The van der Waals surface area contributed by atoms with Gasteiger partial charge in [-0.15, -0.1) is 11.3 Å². The number of halogens is 1. The zero-order valence-electron chi connectivity index (χ0n) is 9.76. The molecular weight excluding hydrogens is 280 g/mol. The molecule has 0 aliphatic rings. The van der Waals surface area contributed by atoms with E-state index in [2.05, 4.69) is 0 Å². The summed E-state index contributed by atoms with van der Waals surface area (Å²) in [6.07, 6.45) is 0. The first kappa shape index (κ1) is 12.2. The Morgan fingerprint density at radius 1 is 1.11 bits per heavy atom. The lowest BCUT2D eigenvalue weighted by Gasteiger charge is -2.06. The Balaban J connectivity index is 2.24. The summed E-state index contributed by atoms with van der Waals surface area (Å²) < 4.78 is 0. The monoisotopic (exact) mass is 288 g/mol. The molecule has 0 aliphatic carbocycles. The summed E-state index contributed by atoms with van der Waals surface area (Å²) in [4.78, 5) is 11.9. The number of rotatable bonds is 2. The van der Waals surface area contributed by atoms with Gasteiger partial charge in [0.25, 0.3) is 0 Å². The lowest BCUT2D eigenvalue weighted by Crippen LogP contribution is -1.91. The third-order valence-corrected chi connectivity index (χ3v) is 4.28. The van der Waals surface area contributed by atoms with Crippen molar-refractivity contribution in [1.29, 1.82) is 0 Å². The molecule has 1 heterocycles. The average molecular weight is 289 g/mol. The maximum Gasteiger partial charge on any atom is 0.336 e. The number of hydrogen-bond acceptors (Lipinski definition) is 2. The number of thiophene rings is 1. The van der Waals surface area contributed by atoms with Gasteiger partial charge < -0.3 is 5.11 Å². The van der Waals surface area contributed by atoms with Crippen molar-refractivity contribution < 1.29 is 9.90 Å². The van der Waals surface area contributed by atoms with Crippen LogP contribution in [0.5, 0.6) is 0 Å². The number of carboxylic acids is 1. The first-order valence-corrected chi connectivity index (χ1v) is 6.92.